The zero-order chi connectivity index (χ0) is 31.4. The van der Waals surface area contributed by atoms with Crippen LogP contribution in [0.2, 0.25) is 0 Å². The minimum Gasteiger partial charge on any atom is -0.427 e. The number of hydrogen-bond acceptors (Lipinski definition) is 2. The highest BCUT2D eigenvalue weighted by molar-refractivity contribution is 6.47. The van der Waals surface area contributed by atoms with Gasteiger partial charge in [0.15, 0.2) is 0 Å². The molecule has 6 rings (SSSR count). The third-order valence-electron chi connectivity index (χ3n) is 8.76. The van der Waals surface area contributed by atoms with Gasteiger partial charge in [-0.3, -0.25) is 0 Å². The molecule has 0 unspecified atom stereocenters. The monoisotopic (exact) mass is 585 g/mol. The molecule has 0 amide bonds. The maximum Gasteiger partial charge on any atom is 0.330 e. The van der Waals surface area contributed by atoms with Crippen molar-refractivity contribution in [3.8, 4) is 55.6 Å². The molecule has 0 bridgehead atoms. The smallest absolute Gasteiger partial charge is 0.330 e. The number of rotatable bonds is 9. The summed E-state index contributed by atoms with van der Waals surface area (Å²) in [7, 11) is 1.76. The van der Waals surface area contributed by atoms with Crippen LogP contribution in [0.4, 0.5) is 0 Å². The lowest BCUT2D eigenvalue weighted by Crippen LogP contribution is -2.49. The maximum atomic E-state index is 10.7. The SMILES string of the molecule is CC(C)(O)C(C)(C)O[B]c1cccc(-c2cc(-c3ccccc3)c(-c3ccccc3)c(-c3ccccc3)c2-c2ccccc2)c1. The Hall–Kier alpha value is -4.70. The Bertz CT molecular complexity index is 1880. The normalized spacial score (nSPS) is 11.8. The van der Waals surface area contributed by atoms with E-state index in [0.717, 1.165) is 33.3 Å². The van der Waals surface area contributed by atoms with Gasteiger partial charge < -0.3 is 9.76 Å². The van der Waals surface area contributed by atoms with Crippen LogP contribution >= 0.6 is 0 Å². The fourth-order valence-corrected chi connectivity index (χ4v) is 5.60. The van der Waals surface area contributed by atoms with Crippen LogP contribution < -0.4 is 5.46 Å². The molecule has 0 aliphatic carbocycles. The second-order valence-corrected chi connectivity index (χ2v) is 12.5. The van der Waals surface area contributed by atoms with Gasteiger partial charge in [0.1, 0.15) is 0 Å². The molecule has 1 N–H and O–H groups in total. The summed E-state index contributed by atoms with van der Waals surface area (Å²) in [6.45, 7) is 7.35. The van der Waals surface area contributed by atoms with Crippen LogP contribution in [-0.4, -0.2) is 23.8 Å². The minimum atomic E-state index is -1.01. The Morgan fingerprint density at radius 2 is 0.844 bits per heavy atom. The van der Waals surface area contributed by atoms with Crippen LogP contribution in [0.3, 0.4) is 0 Å². The van der Waals surface area contributed by atoms with Crippen molar-refractivity contribution in [3.05, 3.63) is 152 Å². The summed E-state index contributed by atoms with van der Waals surface area (Å²) in [5, 5.41) is 10.7. The lowest BCUT2D eigenvalue weighted by molar-refractivity contribution is -0.0893. The largest absolute Gasteiger partial charge is 0.427 e. The molecule has 0 aromatic heterocycles. The van der Waals surface area contributed by atoms with Gasteiger partial charge in [0.2, 0.25) is 0 Å². The van der Waals surface area contributed by atoms with Crippen molar-refractivity contribution in [1.82, 2.24) is 0 Å². The molecule has 2 nitrogen and oxygen atoms in total. The topological polar surface area (TPSA) is 29.5 Å². The Morgan fingerprint density at radius 1 is 0.444 bits per heavy atom. The average Bonchev–Trinajstić information content (AvgIpc) is 3.07. The van der Waals surface area contributed by atoms with Crippen LogP contribution in [0.15, 0.2) is 152 Å². The molecule has 0 atom stereocenters. The van der Waals surface area contributed by atoms with Crippen LogP contribution in [0.25, 0.3) is 55.6 Å². The van der Waals surface area contributed by atoms with E-state index in [1.165, 1.54) is 27.8 Å². The molecule has 0 heterocycles. The molecule has 1 radical (unpaired) electrons. The van der Waals surface area contributed by atoms with E-state index in [4.69, 9.17) is 4.65 Å². The van der Waals surface area contributed by atoms with E-state index >= 15 is 0 Å². The van der Waals surface area contributed by atoms with Crippen molar-refractivity contribution in [2.75, 3.05) is 0 Å². The highest BCUT2D eigenvalue weighted by Crippen LogP contribution is 2.50. The molecule has 0 aliphatic rings. The summed E-state index contributed by atoms with van der Waals surface area (Å²) in [4.78, 5) is 0. The summed E-state index contributed by atoms with van der Waals surface area (Å²) >= 11 is 0. The van der Waals surface area contributed by atoms with Crippen molar-refractivity contribution >= 4 is 12.9 Å². The highest BCUT2D eigenvalue weighted by atomic mass is 16.5. The molecule has 0 saturated carbocycles. The highest BCUT2D eigenvalue weighted by Gasteiger charge is 2.35. The Kier molecular flexibility index (Phi) is 8.58. The summed E-state index contributed by atoms with van der Waals surface area (Å²) in [6, 6.07) is 53.6. The third-order valence-corrected chi connectivity index (χ3v) is 8.76. The lowest BCUT2D eigenvalue weighted by atomic mass is 9.77. The van der Waals surface area contributed by atoms with Gasteiger partial charge in [-0.25, -0.2) is 0 Å². The van der Waals surface area contributed by atoms with Crippen LogP contribution in [0.5, 0.6) is 0 Å². The molecule has 45 heavy (non-hydrogen) atoms. The fourth-order valence-electron chi connectivity index (χ4n) is 5.60. The van der Waals surface area contributed by atoms with Crippen LogP contribution in [0.1, 0.15) is 27.7 Å². The Balaban J connectivity index is 1.67. The maximum absolute atomic E-state index is 10.7. The number of benzene rings is 6. The molecular formula is C42H38BO2. The third kappa shape index (κ3) is 6.42. The molecule has 0 saturated heterocycles. The fraction of sp³-hybridized carbons (Fsp3) is 0.143. The van der Waals surface area contributed by atoms with Crippen LogP contribution in [-0.2, 0) is 4.65 Å². The van der Waals surface area contributed by atoms with Crippen LogP contribution in [0, 0.1) is 0 Å². The first kappa shape index (κ1) is 30.3. The average molecular weight is 586 g/mol. The quantitative estimate of drug-likeness (QED) is 0.171. The predicted molar refractivity (Wildman–Crippen MR) is 190 cm³/mol. The van der Waals surface area contributed by atoms with Crippen molar-refractivity contribution < 1.29 is 9.76 Å². The summed E-state index contributed by atoms with van der Waals surface area (Å²) in [5.74, 6) is 0. The zero-order valence-corrected chi connectivity index (χ0v) is 26.4. The van der Waals surface area contributed by atoms with Crippen molar-refractivity contribution in [1.29, 1.82) is 0 Å². The molecular weight excluding hydrogens is 547 g/mol. The van der Waals surface area contributed by atoms with Gasteiger partial charge in [-0.1, -0.05) is 151 Å². The van der Waals surface area contributed by atoms with E-state index in [1.807, 2.05) is 19.9 Å². The van der Waals surface area contributed by atoms with Gasteiger partial charge >= 0.3 is 7.48 Å². The zero-order valence-electron chi connectivity index (χ0n) is 26.4. The Morgan fingerprint density at radius 3 is 1.31 bits per heavy atom. The summed E-state index contributed by atoms with van der Waals surface area (Å²) in [6.07, 6.45) is 0. The van der Waals surface area contributed by atoms with Gasteiger partial charge in [-0.15, -0.1) is 0 Å². The molecule has 0 aliphatic heterocycles. The second kappa shape index (κ2) is 12.7. The number of hydrogen-bond donors (Lipinski definition) is 1. The summed E-state index contributed by atoms with van der Waals surface area (Å²) in [5.41, 5.74) is 10.8. The summed E-state index contributed by atoms with van der Waals surface area (Å²) < 4.78 is 6.17. The minimum absolute atomic E-state index is 0.767. The Labute approximate surface area is 268 Å². The molecule has 221 valence electrons. The standard InChI is InChI=1S/C42H38BO2/c1-41(2,44)42(3,4)45-43-35-27-17-26-34(28-35)37-29-36(30-18-9-5-10-19-30)38(31-20-11-6-12-21-31)40(33-24-15-8-16-25-33)39(37)32-22-13-7-14-23-32/h5-29,44H,1-4H3. The number of aliphatic hydroxyl groups is 1. The van der Waals surface area contributed by atoms with Gasteiger partial charge in [-0.2, -0.15) is 0 Å². The van der Waals surface area contributed by atoms with E-state index in [2.05, 4.69) is 146 Å². The van der Waals surface area contributed by atoms with Gasteiger partial charge in [0.25, 0.3) is 0 Å². The van der Waals surface area contributed by atoms with E-state index < -0.39 is 11.2 Å². The lowest BCUT2D eigenvalue weighted by Gasteiger charge is -2.37. The van der Waals surface area contributed by atoms with E-state index in [0.29, 0.717) is 0 Å². The van der Waals surface area contributed by atoms with E-state index in [-0.39, 0.29) is 0 Å². The van der Waals surface area contributed by atoms with Crippen molar-refractivity contribution in [2.24, 2.45) is 0 Å². The van der Waals surface area contributed by atoms with Gasteiger partial charge in [-0.05, 0) is 89.4 Å². The predicted octanol–water partition coefficient (Wildman–Crippen LogP) is 9.83. The van der Waals surface area contributed by atoms with Crippen molar-refractivity contribution in [2.45, 2.75) is 38.9 Å². The van der Waals surface area contributed by atoms with E-state index in [1.54, 1.807) is 21.3 Å². The second-order valence-electron chi connectivity index (χ2n) is 12.5. The molecule has 0 spiro atoms. The first-order chi connectivity index (χ1) is 21.7. The first-order valence-corrected chi connectivity index (χ1v) is 15.5. The van der Waals surface area contributed by atoms with Crippen molar-refractivity contribution in [3.63, 3.8) is 0 Å². The van der Waals surface area contributed by atoms with Gasteiger partial charge in [0.05, 0.1) is 11.2 Å². The van der Waals surface area contributed by atoms with E-state index in [9.17, 15) is 5.11 Å². The van der Waals surface area contributed by atoms with Gasteiger partial charge in [0, 0.05) is 0 Å². The molecule has 3 heteroatoms. The molecule has 6 aromatic rings. The molecule has 6 aromatic carbocycles. The first-order valence-electron chi connectivity index (χ1n) is 15.5. The molecule has 0 fully saturated rings.